The van der Waals surface area contributed by atoms with Crippen LogP contribution < -0.4 is 0 Å². The van der Waals surface area contributed by atoms with E-state index >= 15 is 0 Å². The molecule has 2 bridgehead atoms. The largest absolute Gasteiger partial charge is 0.293 e. The maximum atomic E-state index is 11.7. The van der Waals surface area contributed by atoms with Crippen molar-refractivity contribution < 1.29 is 4.79 Å². The molecule has 0 aliphatic heterocycles. The monoisotopic (exact) mass is 228 g/mol. The first-order valence-corrected chi connectivity index (χ1v) is 5.16. The second kappa shape index (κ2) is 2.22. The van der Waals surface area contributed by atoms with E-state index in [4.69, 9.17) is 0 Å². The van der Waals surface area contributed by atoms with Crippen LogP contribution in [0.15, 0.2) is 10.1 Å². The molecule has 1 nitrogen and oxygen atoms in total. The highest BCUT2D eigenvalue weighted by molar-refractivity contribution is 9.12. The normalized spacial score (nSPS) is 38.2. The molecule has 2 atom stereocenters. The van der Waals surface area contributed by atoms with Crippen LogP contribution in [0.5, 0.6) is 0 Å². The zero-order chi connectivity index (χ0) is 9.09. The van der Waals surface area contributed by atoms with Crippen LogP contribution in [0.1, 0.15) is 27.2 Å². The quantitative estimate of drug-likeness (QED) is 0.624. The summed E-state index contributed by atoms with van der Waals surface area (Å²) in [4.78, 5) is 11.7. The number of fused-ring (bicyclic) bond motifs is 1. The van der Waals surface area contributed by atoms with Gasteiger partial charge < -0.3 is 0 Å². The zero-order valence-corrected chi connectivity index (χ0v) is 9.23. The molecular weight excluding hydrogens is 216 g/mol. The lowest BCUT2D eigenvalue weighted by Crippen LogP contribution is -2.53. The molecule has 0 heterocycles. The summed E-state index contributed by atoms with van der Waals surface area (Å²) in [6.45, 7) is 6.48. The first-order valence-electron chi connectivity index (χ1n) is 4.36. The summed E-state index contributed by atoms with van der Waals surface area (Å²) in [5, 5.41) is 0. The predicted octanol–water partition coefficient (Wildman–Crippen LogP) is 2.90. The molecule has 3 aliphatic carbocycles. The minimum Gasteiger partial charge on any atom is -0.293 e. The lowest BCUT2D eigenvalue weighted by atomic mass is 9.48. The summed E-state index contributed by atoms with van der Waals surface area (Å²) >= 11 is 3.37. The molecular formula is C10H13BrO. The predicted molar refractivity (Wildman–Crippen MR) is 52.0 cm³/mol. The van der Waals surface area contributed by atoms with Gasteiger partial charge in [0, 0.05) is 5.92 Å². The van der Waals surface area contributed by atoms with Crippen molar-refractivity contribution in [1.29, 1.82) is 0 Å². The molecule has 0 aromatic carbocycles. The van der Waals surface area contributed by atoms with Crippen LogP contribution in [-0.2, 0) is 4.79 Å². The molecule has 0 spiro atoms. The van der Waals surface area contributed by atoms with Gasteiger partial charge in [-0.15, -0.1) is 0 Å². The summed E-state index contributed by atoms with van der Waals surface area (Å²) < 4.78 is 0.850. The Morgan fingerprint density at radius 2 is 2.00 bits per heavy atom. The van der Waals surface area contributed by atoms with Crippen LogP contribution in [0.4, 0.5) is 0 Å². The van der Waals surface area contributed by atoms with E-state index in [0.29, 0.717) is 11.7 Å². The smallest absolute Gasteiger partial charge is 0.173 e. The Morgan fingerprint density at radius 1 is 1.42 bits per heavy atom. The van der Waals surface area contributed by atoms with Gasteiger partial charge in [-0.3, -0.25) is 4.79 Å². The number of allylic oxidation sites excluding steroid dienone is 2. The van der Waals surface area contributed by atoms with Crippen LogP contribution >= 0.6 is 15.9 Å². The van der Waals surface area contributed by atoms with E-state index in [1.54, 1.807) is 0 Å². The topological polar surface area (TPSA) is 17.1 Å². The second-order valence-corrected chi connectivity index (χ2v) is 5.32. The van der Waals surface area contributed by atoms with Gasteiger partial charge >= 0.3 is 0 Å². The minimum absolute atomic E-state index is 0.221. The molecule has 2 heteroatoms. The van der Waals surface area contributed by atoms with Crippen molar-refractivity contribution in [3.8, 4) is 0 Å². The Labute approximate surface area is 81.4 Å². The molecule has 1 saturated carbocycles. The fourth-order valence-electron chi connectivity index (χ4n) is 2.61. The summed E-state index contributed by atoms with van der Waals surface area (Å²) in [7, 11) is 0. The highest BCUT2D eigenvalue weighted by Gasteiger charge is 2.56. The lowest BCUT2D eigenvalue weighted by molar-refractivity contribution is -0.134. The third-order valence-electron chi connectivity index (χ3n) is 3.67. The van der Waals surface area contributed by atoms with Crippen molar-refractivity contribution >= 4 is 21.7 Å². The molecule has 0 aromatic rings. The Morgan fingerprint density at radius 3 is 2.42 bits per heavy atom. The molecule has 0 radical (unpaired) electrons. The van der Waals surface area contributed by atoms with E-state index in [2.05, 4.69) is 36.7 Å². The fourth-order valence-corrected chi connectivity index (χ4v) is 3.16. The third kappa shape index (κ3) is 0.769. The maximum absolute atomic E-state index is 11.7. The summed E-state index contributed by atoms with van der Waals surface area (Å²) in [5.41, 5.74) is 1.48. The van der Waals surface area contributed by atoms with Crippen molar-refractivity contribution in [3.63, 3.8) is 0 Å². The van der Waals surface area contributed by atoms with Crippen LogP contribution in [0, 0.1) is 17.3 Å². The van der Waals surface area contributed by atoms with Crippen molar-refractivity contribution in [1.82, 2.24) is 0 Å². The number of carbonyl (C=O) groups excluding carboxylic acids is 1. The van der Waals surface area contributed by atoms with Gasteiger partial charge in [-0.1, -0.05) is 19.4 Å². The molecule has 0 amide bonds. The van der Waals surface area contributed by atoms with E-state index < -0.39 is 0 Å². The van der Waals surface area contributed by atoms with Gasteiger partial charge in [0.15, 0.2) is 5.78 Å². The molecule has 0 saturated heterocycles. The van der Waals surface area contributed by atoms with Crippen molar-refractivity contribution in [2.75, 3.05) is 0 Å². The highest BCUT2D eigenvalue weighted by Crippen LogP contribution is 2.60. The van der Waals surface area contributed by atoms with Crippen LogP contribution in [0.2, 0.25) is 0 Å². The molecule has 66 valence electrons. The summed E-state index contributed by atoms with van der Waals surface area (Å²) in [6, 6.07) is 0. The number of Topliss-reactive ketones (excluding diaryl/α,β-unsaturated/α-hetero) is 1. The number of hydrogen-bond donors (Lipinski definition) is 0. The fraction of sp³-hybridized carbons (Fsp3) is 0.700. The van der Waals surface area contributed by atoms with E-state index in [9.17, 15) is 4.79 Å². The van der Waals surface area contributed by atoms with Gasteiger partial charge in [-0.05, 0) is 40.6 Å². The number of carbonyl (C=O) groups is 1. The van der Waals surface area contributed by atoms with Crippen molar-refractivity contribution in [3.05, 3.63) is 10.1 Å². The first-order chi connectivity index (χ1) is 5.46. The van der Waals surface area contributed by atoms with E-state index in [1.807, 2.05) is 0 Å². The lowest BCUT2D eigenvalue weighted by Gasteiger charge is -2.55. The Hall–Kier alpha value is -0.110. The minimum atomic E-state index is 0.221. The number of rotatable bonds is 0. The average molecular weight is 229 g/mol. The van der Waals surface area contributed by atoms with Crippen LogP contribution in [0.3, 0.4) is 0 Å². The van der Waals surface area contributed by atoms with E-state index in [-0.39, 0.29) is 11.3 Å². The molecule has 0 unspecified atom stereocenters. The van der Waals surface area contributed by atoms with Gasteiger partial charge in [0.2, 0.25) is 0 Å². The molecule has 1 fully saturated rings. The van der Waals surface area contributed by atoms with Crippen molar-refractivity contribution in [2.45, 2.75) is 27.2 Å². The molecule has 12 heavy (non-hydrogen) atoms. The first kappa shape index (κ1) is 8.49. The van der Waals surface area contributed by atoms with E-state index in [0.717, 1.165) is 10.9 Å². The molecule has 0 aromatic heterocycles. The van der Waals surface area contributed by atoms with Gasteiger partial charge in [0.05, 0.1) is 4.48 Å². The average Bonchev–Trinajstić information content (AvgIpc) is 1.98. The number of hydrogen-bond acceptors (Lipinski definition) is 1. The SMILES string of the molecule is CC1=C(Br)C(=O)[C@@H]2C[C@H]1C2(C)C. The number of halogens is 1. The number of ketones is 1. The summed E-state index contributed by atoms with van der Waals surface area (Å²) in [6.07, 6.45) is 1.08. The van der Waals surface area contributed by atoms with Gasteiger partial charge in [0.1, 0.15) is 0 Å². The standard InChI is InChI=1S/C10H13BrO/c1-5-6-4-7(10(6,2)3)9(12)8(5)11/h6-7H,4H2,1-3H3/t6-,7+/m1/s1. The third-order valence-corrected chi connectivity index (χ3v) is 4.69. The van der Waals surface area contributed by atoms with Gasteiger partial charge in [-0.25, -0.2) is 0 Å². The van der Waals surface area contributed by atoms with Gasteiger partial charge in [0.25, 0.3) is 0 Å². The van der Waals surface area contributed by atoms with Crippen LogP contribution in [-0.4, -0.2) is 5.78 Å². The zero-order valence-electron chi connectivity index (χ0n) is 7.65. The second-order valence-electron chi connectivity index (χ2n) is 4.52. The Bertz CT molecular complexity index is 288. The van der Waals surface area contributed by atoms with Gasteiger partial charge in [-0.2, -0.15) is 0 Å². The summed E-state index contributed by atoms with van der Waals surface area (Å²) in [5.74, 6) is 1.23. The molecule has 3 aliphatic rings. The van der Waals surface area contributed by atoms with Crippen molar-refractivity contribution in [2.24, 2.45) is 17.3 Å². The highest BCUT2D eigenvalue weighted by atomic mass is 79.9. The Balaban J connectivity index is 2.48. The molecule has 0 N–H and O–H groups in total. The molecule has 3 rings (SSSR count). The van der Waals surface area contributed by atoms with Crippen LogP contribution in [0.25, 0.3) is 0 Å². The Kier molecular flexibility index (Phi) is 1.57. The van der Waals surface area contributed by atoms with E-state index in [1.165, 1.54) is 5.57 Å². The maximum Gasteiger partial charge on any atom is 0.173 e.